The van der Waals surface area contributed by atoms with Gasteiger partial charge >= 0.3 is 0 Å². The number of hydrogen-bond donors (Lipinski definition) is 1. The van der Waals surface area contributed by atoms with E-state index >= 15 is 0 Å². The number of aromatic nitrogens is 3. The summed E-state index contributed by atoms with van der Waals surface area (Å²) in [5.74, 6) is 0. The number of rotatable bonds is 3. The molecule has 100 valence electrons. The lowest BCUT2D eigenvalue weighted by Crippen LogP contribution is -2.37. The molecule has 2 N–H and O–H groups in total. The monoisotopic (exact) mass is 256 g/mol. The topological polar surface area (TPSA) is 56.7 Å². The summed E-state index contributed by atoms with van der Waals surface area (Å²) < 4.78 is 1.80. The first-order valence-electron chi connectivity index (χ1n) is 6.90. The van der Waals surface area contributed by atoms with Gasteiger partial charge in [-0.3, -0.25) is 4.68 Å². The van der Waals surface area contributed by atoms with E-state index in [-0.39, 0.29) is 11.5 Å². The quantitative estimate of drug-likeness (QED) is 0.917. The number of nitrogens with two attached hydrogens (primary N) is 1. The van der Waals surface area contributed by atoms with Gasteiger partial charge in [-0.2, -0.15) is 0 Å². The fraction of sp³-hybridized carbons (Fsp3) is 0.467. The Balaban J connectivity index is 2.04. The molecule has 1 heterocycles. The summed E-state index contributed by atoms with van der Waals surface area (Å²) in [6.45, 7) is 0. The zero-order valence-corrected chi connectivity index (χ0v) is 11.3. The summed E-state index contributed by atoms with van der Waals surface area (Å²) in [6.07, 6.45) is 6.57. The largest absolute Gasteiger partial charge is 0.322 e. The van der Waals surface area contributed by atoms with Crippen molar-refractivity contribution >= 4 is 0 Å². The average molecular weight is 256 g/mol. The highest BCUT2D eigenvalue weighted by Crippen LogP contribution is 2.48. The molecule has 1 aliphatic carbocycles. The Morgan fingerprint density at radius 2 is 1.89 bits per heavy atom. The molecule has 4 nitrogen and oxygen atoms in total. The second-order valence-electron chi connectivity index (χ2n) is 5.49. The van der Waals surface area contributed by atoms with E-state index in [9.17, 15) is 0 Å². The first-order valence-corrected chi connectivity index (χ1v) is 6.90. The standard InChI is InChI=1S/C15H20N4/c1-19-13(11-17-18-19)14(16)15(9-5-6-10-15)12-7-3-2-4-8-12/h2-4,7-8,11,14H,5-6,9-10,16H2,1H3. The predicted molar refractivity (Wildman–Crippen MR) is 74.5 cm³/mol. The minimum Gasteiger partial charge on any atom is -0.322 e. The van der Waals surface area contributed by atoms with Crippen molar-refractivity contribution in [1.82, 2.24) is 15.0 Å². The van der Waals surface area contributed by atoms with Gasteiger partial charge in [0.05, 0.1) is 17.9 Å². The lowest BCUT2D eigenvalue weighted by molar-refractivity contribution is 0.342. The van der Waals surface area contributed by atoms with Gasteiger partial charge in [-0.1, -0.05) is 48.4 Å². The molecule has 3 rings (SSSR count). The van der Waals surface area contributed by atoms with Gasteiger partial charge in [0, 0.05) is 12.5 Å². The number of nitrogens with zero attached hydrogens (tertiary/aromatic N) is 3. The fourth-order valence-corrected chi connectivity index (χ4v) is 3.42. The van der Waals surface area contributed by atoms with Gasteiger partial charge in [-0.25, -0.2) is 0 Å². The van der Waals surface area contributed by atoms with E-state index < -0.39 is 0 Å². The molecule has 1 aliphatic rings. The average Bonchev–Trinajstić information content (AvgIpc) is 3.08. The molecule has 1 aromatic carbocycles. The fourth-order valence-electron chi connectivity index (χ4n) is 3.42. The molecule has 0 spiro atoms. The van der Waals surface area contributed by atoms with Gasteiger partial charge in [0.2, 0.25) is 0 Å². The van der Waals surface area contributed by atoms with Crippen LogP contribution in [0.25, 0.3) is 0 Å². The van der Waals surface area contributed by atoms with Crippen LogP contribution in [0.15, 0.2) is 36.5 Å². The molecule has 2 aromatic rings. The first kappa shape index (κ1) is 12.4. The van der Waals surface area contributed by atoms with Crippen molar-refractivity contribution in [2.75, 3.05) is 0 Å². The Labute approximate surface area is 113 Å². The van der Waals surface area contributed by atoms with E-state index in [0.29, 0.717) is 0 Å². The highest BCUT2D eigenvalue weighted by molar-refractivity contribution is 5.31. The number of benzene rings is 1. The first-order chi connectivity index (χ1) is 9.24. The minimum absolute atomic E-state index is 0.0384. The normalized spacial score (nSPS) is 19.5. The van der Waals surface area contributed by atoms with Gasteiger partial charge in [-0.15, -0.1) is 5.10 Å². The SMILES string of the molecule is Cn1nncc1C(N)C1(c2ccccc2)CCCC1. The molecule has 0 amide bonds. The van der Waals surface area contributed by atoms with Crippen LogP contribution in [0.5, 0.6) is 0 Å². The van der Waals surface area contributed by atoms with Crippen molar-refractivity contribution < 1.29 is 0 Å². The zero-order chi connectivity index (χ0) is 13.3. The maximum Gasteiger partial charge on any atom is 0.0760 e. The van der Waals surface area contributed by atoms with Crippen molar-refractivity contribution in [3.8, 4) is 0 Å². The molecule has 1 unspecified atom stereocenters. The Bertz CT molecular complexity index is 540. The number of hydrogen-bond acceptors (Lipinski definition) is 3. The molecule has 0 bridgehead atoms. The maximum atomic E-state index is 6.61. The van der Waals surface area contributed by atoms with Crippen LogP contribution in [-0.4, -0.2) is 15.0 Å². The van der Waals surface area contributed by atoms with Crippen LogP contribution in [0.2, 0.25) is 0 Å². The molecular weight excluding hydrogens is 236 g/mol. The summed E-state index contributed by atoms with van der Waals surface area (Å²) in [5, 5.41) is 7.99. The van der Waals surface area contributed by atoms with E-state index in [1.165, 1.54) is 18.4 Å². The van der Waals surface area contributed by atoms with Crippen LogP contribution >= 0.6 is 0 Å². The molecule has 0 aliphatic heterocycles. The van der Waals surface area contributed by atoms with Crippen LogP contribution in [0, 0.1) is 0 Å². The van der Waals surface area contributed by atoms with Gasteiger partial charge in [0.1, 0.15) is 0 Å². The highest BCUT2D eigenvalue weighted by atomic mass is 15.4. The molecule has 0 radical (unpaired) electrons. The van der Waals surface area contributed by atoms with E-state index in [1.54, 1.807) is 10.9 Å². The third-order valence-corrected chi connectivity index (χ3v) is 4.51. The van der Waals surface area contributed by atoms with Gasteiger partial charge in [-0.05, 0) is 18.4 Å². The summed E-state index contributed by atoms with van der Waals surface area (Å²) in [6, 6.07) is 10.6. The molecular formula is C15H20N4. The molecule has 4 heteroatoms. The Kier molecular flexibility index (Phi) is 3.11. The van der Waals surface area contributed by atoms with E-state index in [0.717, 1.165) is 18.5 Å². The molecule has 1 saturated carbocycles. The molecule has 1 aromatic heterocycles. The van der Waals surface area contributed by atoms with Crippen LogP contribution in [0.1, 0.15) is 43.0 Å². The van der Waals surface area contributed by atoms with E-state index in [4.69, 9.17) is 5.73 Å². The van der Waals surface area contributed by atoms with Gasteiger partial charge in [0.15, 0.2) is 0 Å². The zero-order valence-electron chi connectivity index (χ0n) is 11.3. The lowest BCUT2D eigenvalue weighted by atomic mass is 9.72. The van der Waals surface area contributed by atoms with Gasteiger partial charge in [0.25, 0.3) is 0 Å². The second-order valence-corrected chi connectivity index (χ2v) is 5.49. The Hall–Kier alpha value is -1.68. The van der Waals surface area contributed by atoms with Crippen molar-refractivity contribution in [2.24, 2.45) is 12.8 Å². The second kappa shape index (κ2) is 4.78. The van der Waals surface area contributed by atoms with Crippen LogP contribution in [0.4, 0.5) is 0 Å². The molecule has 0 saturated heterocycles. The highest BCUT2D eigenvalue weighted by Gasteiger charge is 2.42. The van der Waals surface area contributed by atoms with Crippen molar-refractivity contribution in [3.05, 3.63) is 47.8 Å². The Morgan fingerprint density at radius 1 is 1.21 bits per heavy atom. The summed E-state index contributed by atoms with van der Waals surface area (Å²) >= 11 is 0. The third-order valence-electron chi connectivity index (χ3n) is 4.51. The van der Waals surface area contributed by atoms with E-state index in [2.05, 4.69) is 40.6 Å². The maximum absolute atomic E-state index is 6.61. The van der Waals surface area contributed by atoms with Crippen LogP contribution in [0.3, 0.4) is 0 Å². The summed E-state index contributed by atoms with van der Waals surface area (Å²) in [4.78, 5) is 0. The molecule has 19 heavy (non-hydrogen) atoms. The van der Waals surface area contributed by atoms with E-state index in [1.807, 2.05) is 7.05 Å². The third kappa shape index (κ3) is 1.96. The smallest absolute Gasteiger partial charge is 0.0760 e. The summed E-state index contributed by atoms with van der Waals surface area (Å²) in [5.41, 5.74) is 9.02. The summed E-state index contributed by atoms with van der Waals surface area (Å²) in [7, 11) is 1.91. The van der Waals surface area contributed by atoms with Crippen molar-refractivity contribution in [3.63, 3.8) is 0 Å². The lowest BCUT2D eigenvalue weighted by Gasteiger charge is -2.35. The van der Waals surface area contributed by atoms with Gasteiger partial charge < -0.3 is 5.73 Å². The van der Waals surface area contributed by atoms with Crippen molar-refractivity contribution in [1.29, 1.82) is 0 Å². The van der Waals surface area contributed by atoms with Crippen LogP contribution in [-0.2, 0) is 12.5 Å². The number of aryl methyl sites for hydroxylation is 1. The Morgan fingerprint density at radius 3 is 2.47 bits per heavy atom. The molecule has 1 fully saturated rings. The van der Waals surface area contributed by atoms with Crippen molar-refractivity contribution in [2.45, 2.75) is 37.1 Å². The minimum atomic E-state index is -0.0441. The molecule has 1 atom stereocenters. The van der Waals surface area contributed by atoms with Crippen LogP contribution < -0.4 is 5.73 Å². The predicted octanol–water partition coefficient (Wildman–Crippen LogP) is 2.33.